The van der Waals surface area contributed by atoms with Crippen LogP contribution in [0.25, 0.3) is 0 Å². The van der Waals surface area contributed by atoms with Crippen LogP contribution < -0.4 is 0 Å². The van der Waals surface area contributed by atoms with Crippen LogP contribution in [0.3, 0.4) is 0 Å². The molecular formula is C9H7Cl2N3S. The molecule has 1 aromatic carbocycles. The summed E-state index contributed by atoms with van der Waals surface area (Å²) >= 11 is 13.2. The Morgan fingerprint density at radius 1 is 1.27 bits per heavy atom. The summed E-state index contributed by atoms with van der Waals surface area (Å²) in [6.07, 6.45) is 0. The Bertz CT molecular complexity index is 458. The van der Waals surface area contributed by atoms with Crippen molar-refractivity contribution in [2.75, 3.05) is 0 Å². The number of rotatable bonds is 3. The number of aromatic amines is 1. The average molecular weight is 260 g/mol. The number of nitrogens with zero attached hydrogens (tertiary/aromatic N) is 2. The van der Waals surface area contributed by atoms with Crippen LogP contribution >= 0.6 is 35.0 Å². The van der Waals surface area contributed by atoms with Crippen molar-refractivity contribution in [3.05, 3.63) is 40.4 Å². The summed E-state index contributed by atoms with van der Waals surface area (Å²) in [6.45, 7) is 0. The first kappa shape index (κ1) is 10.8. The van der Waals surface area contributed by atoms with Crippen LogP contribution in [0.15, 0.2) is 29.2 Å². The van der Waals surface area contributed by atoms with E-state index in [2.05, 4.69) is 15.2 Å². The third-order valence-corrected chi connectivity index (χ3v) is 3.40. The smallest absolute Gasteiger partial charge is 0.242 e. The summed E-state index contributed by atoms with van der Waals surface area (Å²) in [7, 11) is 0. The van der Waals surface area contributed by atoms with Crippen molar-refractivity contribution in [2.24, 2.45) is 0 Å². The third-order valence-electron chi connectivity index (χ3n) is 1.71. The minimum Gasteiger partial charge on any atom is -0.261 e. The fraction of sp³-hybridized carbons (Fsp3) is 0.111. The van der Waals surface area contributed by atoms with Crippen LogP contribution in [-0.2, 0) is 5.75 Å². The molecule has 6 heteroatoms. The Hall–Kier alpha value is -0.710. The van der Waals surface area contributed by atoms with Gasteiger partial charge in [0.2, 0.25) is 5.28 Å². The molecule has 0 aliphatic carbocycles. The maximum Gasteiger partial charge on any atom is 0.242 e. The van der Waals surface area contributed by atoms with Crippen LogP contribution in [0.4, 0.5) is 0 Å². The van der Waals surface area contributed by atoms with Crippen LogP contribution in [0.2, 0.25) is 10.3 Å². The number of H-pyrrole nitrogens is 1. The van der Waals surface area contributed by atoms with Crippen LogP contribution in [0, 0.1) is 0 Å². The minimum atomic E-state index is 0.241. The lowest BCUT2D eigenvalue weighted by Crippen LogP contribution is -1.84. The lowest BCUT2D eigenvalue weighted by Gasteiger charge is -2.00. The van der Waals surface area contributed by atoms with E-state index in [1.165, 1.54) is 0 Å². The van der Waals surface area contributed by atoms with E-state index in [1.807, 2.05) is 24.3 Å². The van der Waals surface area contributed by atoms with Gasteiger partial charge in [-0.2, -0.15) is 0 Å². The molecule has 1 N–H and O–H groups in total. The summed E-state index contributed by atoms with van der Waals surface area (Å²) in [5.74, 6) is 1.41. The third kappa shape index (κ3) is 2.87. The van der Waals surface area contributed by atoms with Gasteiger partial charge in [-0.25, -0.2) is 4.98 Å². The first-order chi connectivity index (χ1) is 7.25. The molecule has 2 rings (SSSR count). The van der Waals surface area contributed by atoms with Gasteiger partial charge < -0.3 is 0 Å². The molecule has 0 radical (unpaired) electrons. The van der Waals surface area contributed by atoms with Crippen molar-refractivity contribution >= 4 is 35.0 Å². The molecular weight excluding hydrogens is 253 g/mol. The van der Waals surface area contributed by atoms with Crippen molar-refractivity contribution in [1.29, 1.82) is 0 Å². The van der Waals surface area contributed by atoms with Crippen molar-refractivity contribution in [3.63, 3.8) is 0 Å². The molecule has 0 spiro atoms. The fourth-order valence-electron chi connectivity index (χ4n) is 1.04. The van der Waals surface area contributed by atoms with E-state index in [4.69, 9.17) is 23.2 Å². The predicted octanol–water partition coefficient (Wildman–Crippen LogP) is 3.40. The highest BCUT2D eigenvalue weighted by Crippen LogP contribution is 2.28. The summed E-state index contributed by atoms with van der Waals surface area (Å²) in [6, 6.07) is 7.67. The average Bonchev–Trinajstić information content (AvgIpc) is 2.63. The Balaban J connectivity index is 2.02. The van der Waals surface area contributed by atoms with E-state index in [1.54, 1.807) is 11.8 Å². The largest absolute Gasteiger partial charge is 0.261 e. The first-order valence-corrected chi connectivity index (χ1v) is 5.94. The van der Waals surface area contributed by atoms with E-state index in [-0.39, 0.29) is 5.28 Å². The maximum atomic E-state index is 6.00. The van der Waals surface area contributed by atoms with Gasteiger partial charge in [0.1, 0.15) is 5.82 Å². The van der Waals surface area contributed by atoms with E-state index < -0.39 is 0 Å². The molecule has 0 saturated heterocycles. The molecule has 0 atom stereocenters. The second kappa shape index (κ2) is 4.88. The van der Waals surface area contributed by atoms with Gasteiger partial charge in [0.05, 0.1) is 10.8 Å². The van der Waals surface area contributed by atoms with Crippen LogP contribution in [-0.4, -0.2) is 15.2 Å². The number of nitrogens with one attached hydrogen (secondary N) is 1. The van der Waals surface area contributed by atoms with Gasteiger partial charge >= 0.3 is 0 Å². The standard InChI is InChI=1S/C9H7Cl2N3S/c10-6-3-1-2-4-7(6)15-5-8-12-9(11)14-13-8/h1-4H,5H2,(H,12,13,14). The molecule has 78 valence electrons. The first-order valence-electron chi connectivity index (χ1n) is 4.20. The van der Waals surface area contributed by atoms with Gasteiger partial charge in [-0.05, 0) is 23.7 Å². The SMILES string of the molecule is Clc1n[nH]c(CSc2ccccc2Cl)n1. The van der Waals surface area contributed by atoms with Crippen molar-refractivity contribution < 1.29 is 0 Å². The number of hydrogen-bond acceptors (Lipinski definition) is 3. The lowest BCUT2D eigenvalue weighted by atomic mass is 10.4. The Labute approximate surface area is 101 Å². The van der Waals surface area contributed by atoms with Crippen LogP contribution in [0.5, 0.6) is 0 Å². The van der Waals surface area contributed by atoms with Gasteiger partial charge in [-0.15, -0.1) is 16.9 Å². The maximum absolute atomic E-state index is 6.00. The van der Waals surface area contributed by atoms with Gasteiger partial charge in [-0.3, -0.25) is 5.10 Å². The van der Waals surface area contributed by atoms with Gasteiger partial charge in [-0.1, -0.05) is 23.7 Å². The van der Waals surface area contributed by atoms with E-state index in [9.17, 15) is 0 Å². The highest BCUT2D eigenvalue weighted by atomic mass is 35.5. The second-order valence-corrected chi connectivity index (χ2v) is 4.53. The molecule has 0 fully saturated rings. The molecule has 0 bridgehead atoms. The molecule has 1 aromatic heterocycles. The summed E-state index contributed by atoms with van der Waals surface area (Å²) < 4.78 is 0. The summed E-state index contributed by atoms with van der Waals surface area (Å²) in [5.41, 5.74) is 0. The highest BCUT2D eigenvalue weighted by molar-refractivity contribution is 7.98. The predicted molar refractivity (Wildman–Crippen MR) is 62.4 cm³/mol. The topological polar surface area (TPSA) is 41.6 Å². The Kier molecular flexibility index (Phi) is 3.51. The Morgan fingerprint density at radius 3 is 2.73 bits per heavy atom. The van der Waals surface area contributed by atoms with E-state index >= 15 is 0 Å². The monoisotopic (exact) mass is 259 g/mol. The lowest BCUT2D eigenvalue weighted by molar-refractivity contribution is 1.02. The quantitative estimate of drug-likeness (QED) is 0.860. The van der Waals surface area contributed by atoms with Crippen molar-refractivity contribution in [2.45, 2.75) is 10.6 Å². The van der Waals surface area contributed by atoms with E-state index in [0.717, 1.165) is 15.7 Å². The molecule has 0 unspecified atom stereocenters. The highest BCUT2D eigenvalue weighted by Gasteiger charge is 2.03. The van der Waals surface area contributed by atoms with Gasteiger partial charge in [0.25, 0.3) is 0 Å². The van der Waals surface area contributed by atoms with Crippen LogP contribution in [0.1, 0.15) is 5.82 Å². The molecule has 0 aliphatic rings. The van der Waals surface area contributed by atoms with Crippen molar-refractivity contribution in [3.8, 4) is 0 Å². The zero-order valence-electron chi connectivity index (χ0n) is 7.58. The normalized spacial score (nSPS) is 10.5. The number of hydrogen-bond donors (Lipinski definition) is 1. The van der Waals surface area contributed by atoms with Gasteiger partial charge in [0.15, 0.2) is 0 Å². The Morgan fingerprint density at radius 2 is 2.07 bits per heavy atom. The number of aromatic nitrogens is 3. The number of benzene rings is 1. The second-order valence-electron chi connectivity index (χ2n) is 2.77. The number of halogens is 2. The molecule has 2 aromatic rings. The number of thioether (sulfide) groups is 1. The van der Waals surface area contributed by atoms with Crippen molar-refractivity contribution in [1.82, 2.24) is 15.2 Å². The fourth-order valence-corrected chi connectivity index (χ4v) is 2.29. The molecule has 15 heavy (non-hydrogen) atoms. The van der Waals surface area contributed by atoms with Gasteiger partial charge in [0, 0.05) is 4.90 Å². The van der Waals surface area contributed by atoms with E-state index in [0.29, 0.717) is 5.75 Å². The molecule has 1 heterocycles. The summed E-state index contributed by atoms with van der Waals surface area (Å²) in [4.78, 5) is 5.01. The molecule has 0 amide bonds. The minimum absolute atomic E-state index is 0.241. The zero-order chi connectivity index (χ0) is 10.7. The zero-order valence-corrected chi connectivity index (χ0v) is 9.90. The molecule has 0 saturated carbocycles. The molecule has 0 aliphatic heterocycles. The summed E-state index contributed by atoms with van der Waals surface area (Å²) in [5, 5.41) is 7.46. The molecule has 3 nitrogen and oxygen atoms in total.